The van der Waals surface area contributed by atoms with E-state index in [4.69, 9.17) is 10.5 Å². The van der Waals surface area contributed by atoms with Crippen molar-refractivity contribution in [3.05, 3.63) is 83.6 Å². The molecule has 0 fully saturated rings. The van der Waals surface area contributed by atoms with E-state index in [-0.39, 0.29) is 24.6 Å². The summed E-state index contributed by atoms with van der Waals surface area (Å²) in [5.74, 6) is -4.98. The van der Waals surface area contributed by atoms with Crippen molar-refractivity contribution < 1.29 is 33.5 Å². The van der Waals surface area contributed by atoms with Crippen LogP contribution in [0, 0.1) is 11.8 Å². The highest BCUT2D eigenvalue weighted by Crippen LogP contribution is 2.18. The topological polar surface area (TPSA) is 177 Å². The van der Waals surface area contributed by atoms with Gasteiger partial charge in [-0.25, -0.2) is 4.79 Å². The van der Waals surface area contributed by atoms with Crippen LogP contribution in [0.5, 0.6) is 0 Å². The lowest BCUT2D eigenvalue weighted by Gasteiger charge is -2.34. The van der Waals surface area contributed by atoms with E-state index in [1.54, 1.807) is 82.3 Å². The van der Waals surface area contributed by atoms with E-state index in [1.807, 2.05) is 6.07 Å². The summed E-state index contributed by atoms with van der Waals surface area (Å²) in [4.78, 5) is 79.6. The van der Waals surface area contributed by atoms with Crippen LogP contribution >= 0.6 is 0 Å². The Hall–Kier alpha value is -5.00. The van der Waals surface area contributed by atoms with Crippen molar-refractivity contribution in [2.45, 2.75) is 72.7 Å². The van der Waals surface area contributed by atoms with Crippen LogP contribution in [-0.4, -0.2) is 58.7 Å². The Labute approximate surface area is 263 Å². The Kier molecular flexibility index (Phi) is 13.9. The van der Waals surface area contributed by atoms with Crippen LogP contribution in [0.1, 0.15) is 52.7 Å². The second kappa shape index (κ2) is 17.3. The van der Waals surface area contributed by atoms with Gasteiger partial charge in [-0.05, 0) is 29.9 Å². The number of nitrogens with zero attached hydrogens (tertiary/aromatic N) is 1. The predicted molar refractivity (Wildman–Crippen MR) is 168 cm³/mol. The van der Waals surface area contributed by atoms with Crippen molar-refractivity contribution in [2.75, 3.05) is 0 Å². The van der Waals surface area contributed by atoms with Gasteiger partial charge in [0.05, 0.1) is 0 Å². The zero-order valence-electron chi connectivity index (χ0n) is 26.5. The number of ether oxygens (including phenoxy) is 1. The summed E-state index contributed by atoms with van der Waals surface area (Å²) in [6.45, 7) is 9.33. The number of allylic oxidation sites excluding steroid dienone is 1. The van der Waals surface area contributed by atoms with Crippen LogP contribution in [-0.2, 0) is 41.7 Å². The average Bonchev–Trinajstić information content (AvgIpc) is 2.99. The zero-order chi connectivity index (χ0) is 33.7. The lowest BCUT2D eigenvalue weighted by Crippen LogP contribution is -2.62. The minimum Gasteiger partial charge on any atom is -0.444 e. The van der Waals surface area contributed by atoms with Crippen LogP contribution in [0.3, 0.4) is 0 Å². The predicted octanol–water partition coefficient (Wildman–Crippen LogP) is 2.57. The second-order valence-corrected chi connectivity index (χ2v) is 11.2. The molecule has 2 aromatic rings. The third-order valence-electron chi connectivity index (χ3n) is 6.83. The number of carbonyl (C=O) groups is 6. The van der Waals surface area contributed by atoms with Crippen molar-refractivity contribution in [1.29, 1.82) is 0 Å². The molecule has 5 N–H and O–H groups in total. The number of alkyl carbamates (subject to hydrolysis) is 1. The molecule has 2 rings (SSSR count). The van der Waals surface area contributed by atoms with Crippen LogP contribution in [0.25, 0.3) is 0 Å². The van der Waals surface area contributed by atoms with Crippen LogP contribution < -0.4 is 21.7 Å². The van der Waals surface area contributed by atoms with E-state index in [1.165, 1.54) is 19.9 Å². The van der Waals surface area contributed by atoms with Gasteiger partial charge in [0.25, 0.3) is 11.8 Å². The van der Waals surface area contributed by atoms with Gasteiger partial charge >= 0.3 is 6.09 Å². The molecule has 6 amide bonds. The third kappa shape index (κ3) is 10.9. The van der Waals surface area contributed by atoms with E-state index >= 15 is 0 Å². The normalized spacial score (nSPS) is 13.3. The number of benzene rings is 2. The highest BCUT2D eigenvalue weighted by Gasteiger charge is 2.41. The molecule has 0 aromatic heterocycles. The summed E-state index contributed by atoms with van der Waals surface area (Å²) >= 11 is 0. The number of imide groups is 1. The number of nitrogens with one attached hydrogen (secondary N) is 3. The second-order valence-electron chi connectivity index (χ2n) is 11.2. The fourth-order valence-electron chi connectivity index (χ4n) is 4.60. The molecule has 0 aliphatic rings. The first-order chi connectivity index (χ1) is 21.3. The number of hydrogen-bond acceptors (Lipinski definition) is 7. The average molecular weight is 622 g/mol. The molecule has 0 spiro atoms. The van der Waals surface area contributed by atoms with Gasteiger partial charge < -0.3 is 21.1 Å². The van der Waals surface area contributed by atoms with Gasteiger partial charge in [-0.2, -0.15) is 0 Å². The Morgan fingerprint density at radius 1 is 0.844 bits per heavy atom. The van der Waals surface area contributed by atoms with Crippen molar-refractivity contribution in [2.24, 2.45) is 17.6 Å². The highest BCUT2D eigenvalue weighted by atomic mass is 16.5. The molecule has 0 unspecified atom stereocenters. The van der Waals surface area contributed by atoms with Gasteiger partial charge in [0.1, 0.15) is 30.4 Å². The van der Waals surface area contributed by atoms with Gasteiger partial charge in [0.2, 0.25) is 17.7 Å². The summed E-state index contributed by atoms with van der Waals surface area (Å²) in [5, 5.41) is 7.62. The van der Waals surface area contributed by atoms with E-state index < -0.39 is 59.7 Å². The lowest BCUT2D eigenvalue weighted by atomic mass is 9.97. The van der Waals surface area contributed by atoms with E-state index in [2.05, 4.69) is 16.0 Å². The van der Waals surface area contributed by atoms with Gasteiger partial charge in [-0.15, -0.1) is 0 Å². The molecule has 45 heavy (non-hydrogen) atoms. The van der Waals surface area contributed by atoms with Crippen LogP contribution in [0.2, 0.25) is 0 Å². The molecule has 2 aromatic carbocycles. The van der Waals surface area contributed by atoms with E-state index in [0.29, 0.717) is 16.0 Å². The molecular formula is C33H43N5O7. The third-order valence-corrected chi connectivity index (χ3v) is 6.83. The van der Waals surface area contributed by atoms with E-state index in [9.17, 15) is 28.8 Å². The van der Waals surface area contributed by atoms with Gasteiger partial charge in [-0.1, -0.05) is 94.4 Å². The van der Waals surface area contributed by atoms with Gasteiger partial charge in [0, 0.05) is 13.3 Å². The molecule has 0 radical (unpaired) electrons. The minimum absolute atomic E-state index is 0.0542. The monoisotopic (exact) mass is 621 g/mol. The first-order valence-electron chi connectivity index (χ1n) is 14.7. The summed E-state index contributed by atoms with van der Waals surface area (Å²) in [7, 11) is 0. The molecule has 0 heterocycles. The molecule has 0 bridgehead atoms. The molecule has 0 saturated heterocycles. The minimum atomic E-state index is -1.44. The standard InChI is InChI=1S/C33H43N5O7/c1-7-25(37-33(44)45-19-24-16-12-9-13-17-24)31(42)38(28(21(4)5)29(34)40)32(43)26(18-23-14-10-8-11-15-23)36-30(41)27(20(2)3)35-22(6)39/h7-17,20-21,26-28H,18-19H2,1-6H3,(H2,34,40)(H,35,39)(H,36,41)(H,37,44)/b25-7+/t26-,27-,28-/m0/s1. The van der Waals surface area contributed by atoms with Crippen LogP contribution in [0.4, 0.5) is 4.79 Å². The van der Waals surface area contributed by atoms with Crippen molar-refractivity contribution in [3.8, 4) is 0 Å². The number of amides is 6. The Morgan fingerprint density at radius 3 is 1.87 bits per heavy atom. The first-order valence-corrected chi connectivity index (χ1v) is 14.7. The Balaban J connectivity index is 2.49. The quantitative estimate of drug-likeness (QED) is 0.234. The lowest BCUT2D eigenvalue weighted by molar-refractivity contribution is -0.153. The number of carbonyl (C=O) groups excluding carboxylic acids is 6. The first kappa shape index (κ1) is 36.2. The molecular weight excluding hydrogens is 578 g/mol. The van der Waals surface area contributed by atoms with Gasteiger partial charge in [0.15, 0.2) is 0 Å². The Morgan fingerprint density at radius 2 is 1.40 bits per heavy atom. The number of primary amides is 1. The van der Waals surface area contributed by atoms with Crippen molar-refractivity contribution in [3.63, 3.8) is 0 Å². The maximum atomic E-state index is 14.3. The molecule has 0 aliphatic carbocycles. The SMILES string of the molecule is C/C=C(/NC(=O)OCc1ccccc1)C(=O)N(C(=O)[C@H](Cc1ccccc1)NC(=O)[C@@H](NC(C)=O)C(C)C)[C@H](C(N)=O)C(C)C. The highest BCUT2D eigenvalue weighted by molar-refractivity contribution is 6.10. The maximum Gasteiger partial charge on any atom is 0.412 e. The number of nitrogens with two attached hydrogens (primary N) is 1. The van der Waals surface area contributed by atoms with E-state index in [0.717, 1.165) is 0 Å². The van der Waals surface area contributed by atoms with Crippen LogP contribution in [0.15, 0.2) is 72.4 Å². The van der Waals surface area contributed by atoms with Crippen molar-refractivity contribution in [1.82, 2.24) is 20.9 Å². The van der Waals surface area contributed by atoms with Crippen molar-refractivity contribution >= 4 is 35.6 Å². The largest absolute Gasteiger partial charge is 0.444 e. The smallest absolute Gasteiger partial charge is 0.412 e. The molecule has 0 aliphatic heterocycles. The fraction of sp³-hybridized carbons (Fsp3) is 0.394. The molecule has 0 saturated carbocycles. The number of rotatable bonds is 14. The zero-order valence-corrected chi connectivity index (χ0v) is 26.5. The Bertz CT molecular complexity index is 1380. The summed E-state index contributed by atoms with van der Waals surface area (Å²) in [6.07, 6.45) is 0.250. The maximum absolute atomic E-state index is 14.3. The summed E-state index contributed by atoms with van der Waals surface area (Å²) in [5.41, 5.74) is 6.74. The van der Waals surface area contributed by atoms with Gasteiger partial charge in [-0.3, -0.25) is 34.2 Å². The molecule has 3 atom stereocenters. The molecule has 242 valence electrons. The summed E-state index contributed by atoms with van der Waals surface area (Å²) < 4.78 is 5.24. The molecule has 12 nitrogen and oxygen atoms in total. The molecule has 12 heteroatoms. The number of hydrogen-bond donors (Lipinski definition) is 4. The summed E-state index contributed by atoms with van der Waals surface area (Å²) in [6, 6.07) is 13.9. The fourth-order valence-corrected chi connectivity index (χ4v) is 4.60.